The molecule has 4 nitrogen and oxygen atoms in total. The van der Waals surface area contributed by atoms with Crippen LogP contribution in [0.25, 0.3) is 0 Å². The van der Waals surface area contributed by atoms with Crippen molar-refractivity contribution in [1.29, 1.82) is 0 Å². The average molecular weight is 355 g/mol. The molecule has 1 aromatic rings. The fraction of sp³-hybridized carbons (Fsp3) is 0.625. The maximum absolute atomic E-state index is 5.58. The minimum atomic E-state index is 0.326. The summed E-state index contributed by atoms with van der Waals surface area (Å²) >= 11 is 3.72. The van der Waals surface area contributed by atoms with Gasteiger partial charge in [-0.1, -0.05) is 13.8 Å². The molecule has 0 aromatic heterocycles. The Morgan fingerprint density at radius 3 is 2.76 bits per heavy atom. The SMILES string of the molecule is CC(C)c1c(CCN2CCNCC2)cc2c(c1Br)OCO2. The lowest BCUT2D eigenvalue weighted by atomic mass is 9.94. The van der Waals surface area contributed by atoms with Crippen LogP contribution in [0.3, 0.4) is 0 Å². The van der Waals surface area contributed by atoms with E-state index in [-0.39, 0.29) is 0 Å². The molecule has 0 saturated carbocycles. The van der Waals surface area contributed by atoms with Crippen molar-refractivity contribution >= 4 is 15.9 Å². The fourth-order valence-corrected chi connectivity index (χ4v) is 4.13. The Hall–Kier alpha value is -0.780. The lowest BCUT2D eigenvalue weighted by Gasteiger charge is -2.27. The van der Waals surface area contributed by atoms with Gasteiger partial charge in [0.25, 0.3) is 0 Å². The summed E-state index contributed by atoms with van der Waals surface area (Å²) in [4.78, 5) is 2.53. The van der Waals surface area contributed by atoms with Crippen LogP contribution in [0.15, 0.2) is 10.5 Å². The molecular weight excluding hydrogens is 332 g/mol. The van der Waals surface area contributed by atoms with Gasteiger partial charge in [0, 0.05) is 32.7 Å². The standard InChI is InChI=1S/C16H23BrN2O2/c1-11(2)14-12(3-6-19-7-4-18-5-8-19)9-13-16(15(14)17)21-10-20-13/h9,11,18H,3-8,10H2,1-2H3. The van der Waals surface area contributed by atoms with Gasteiger partial charge in [0.1, 0.15) is 0 Å². The van der Waals surface area contributed by atoms with Crippen molar-refractivity contribution in [3.05, 3.63) is 21.7 Å². The van der Waals surface area contributed by atoms with E-state index in [1.54, 1.807) is 0 Å². The zero-order valence-corrected chi connectivity index (χ0v) is 14.3. The van der Waals surface area contributed by atoms with E-state index in [4.69, 9.17) is 9.47 Å². The number of hydrogen-bond acceptors (Lipinski definition) is 4. The number of hydrogen-bond donors (Lipinski definition) is 1. The summed E-state index contributed by atoms with van der Waals surface area (Å²) in [6.07, 6.45) is 1.06. The summed E-state index contributed by atoms with van der Waals surface area (Å²) in [5, 5.41) is 3.40. The van der Waals surface area contributed by atoms with Gasteiger partial charge in [-0.15, -0.1) is 0 Å². The molecule has 5 heteroatoms. The molecule has 2 aliphatic rings. The predicted molar refractivity (Wildman–Crippen MR) is 87.4 cm³/mol. The summed E-state index contributed by atoms with van der Waals surface area (Å²) in [5.74, 6) is 2.21. The molecule has 0 spiro atoms. The molecule has 1 saturated heterocycles. The Morgan fingerprint density at radius 1 is 1.29 bits per heavy atom. The number of piperazine rings is 1. The Labute approximate surface area is 134 Å². The van der Waals surface area contributed by atoms with E-state index in [1.165, 1.54) is 11.1 Å². The highest BCUT2D eigenvalue weighted by Gasteiger charge is 2.24. The summed E-state index contributed by atoms with van der Waals surface area (Å²) in [5.41, 5.74) is 2.73. The van der Waals surface area contributed by atoms with Crippen LogP contribution >= 0.6 is 15.9 Å². The first-order valence-electron chi connectivity index (χ1n) is 7.70. The zero-order chi connectivity index (χ0) is 14.8. The predicted octanol–water partition coefficient (Wildman–Crippen LogP) is 2.75. The van der Waals surface area contributed by atoms with E-state index in [9.17, 15) is 0 Å². The highest BCUT2D eigenvalue weighted by molar-refractivity contribution is 9.10. The van der Waals surface area contributed by atoms with Gasteiger partial charge in [-0.25, -0.2) is 0 Å². The third-order valence-electron chi connectivity index (χ3n) is 4.21. The van der Waals surface area contributed by atoms with Crippen LogP contribution in [0.2, 0.25) is 0 Å². The third-order valence-corrected chi connectivity index (χ3v) is 5.00. The monoisotopic (exact) mass is 354 g/mol. The van der Waals surface area contributed by atoms with Crippen molar-refractivity contribution in [2.75, 3.05) is 39.5 Å². The molecule has 2 aliphatic heterocycles. The van der Waals surface area contributed by atoms with Gasteiger partial charge in [0.05, 0.1) is 4.47 Å². The molecular formula is C16H23BrN2O2. The van der Waals surface area contributed by atoms with Gasteiger partial charge in [-0.05, 0) is 45.5 Å². The molecule has 0 atom stereocenters. The first kappa shape index (κ1) is 15.1. The molecule has 0 unspecified atom stereocenters. The molecule has 3 rings (SSSR count). The molecule has 2 heterocycles. The quantitative estimate of drug-likeness (QED) is 0.901. The largest absolute Gasteiger partial charge is 0.454 e. The minimum Gasteiger partial charge on any atom is -0.454 e. The molecule has 1 fully saturated rings. The Morgan fingerprint density at radius 2 is 2.05 bits per heavy atom. The van der Waals surface area contributed by atoms with Crippen LogP contribution in [0.5, 0.6) is 11.5 Å². The maximum Gasteiger partial charge on any atom is 0.231 e. The number of halogens is 1. The van der Waals surface area contributed by atoms with E-state index < -0.39 is 0 Å². The molecule has 116 valence electrons. The summed E-state index contributed by atoms with van der Waals surface area (Å²) in [7, 11) is 0. The van der Waals surface area contributed by atoms with Crippen LogP contribution in [0.4, 0.5) is 0 Å². The van der Waals surface area contributed by atoms with Gasteiger partial charge in [0.15, 0.2) is 11.5 Å². The lowest BCUT2D eigenvalue weighted by molar-refractivity contribution is 0.173. The molecule has 0 radical (unpaired) electrons. The lowest BCUT2D eigenvalue weighted by Crippen LogP contribution is -2.44. The summed E-state index contributed by atoms with van der Waals surface area (Å²) < 4.78 is 12.2. The molecule has 0 bridgehead atoms. The molecule has 0 amide bonds. The second-order valence-electron chi connectivity index (χ2n) is 5.99. The van der Waals surface area contributed by atoms with Crippen LogP contribution in [0, 0.1) is 0 Å². The normalized spacial score (nSPS) is 18.5. The van der Waals surface area contributed by atoms with Gasteiger partial charge >= 0.3 is 0 Å². The molecule has 21 heavy (non-hydrogen) atoms. The summed E-state index contributed by atoms with van der Waals surface area (Å²) in [6, 6.07) is 2.17. The van der Waals surface area contributed by atoms with Crippen LogP contribution in [0.1, 0.15) is 30.9 Å². The van der Waals surface area contributed by atoms with Gasteiger partial charge in [0.2, 0.25) is 6.79 Å². The van der Waals surface area contributed by atoms with Crippen molar-refractivity contribution < 1.29 is 9.47 Å². The number of nitrogens with zero attached hydrogens (tertiary/aromatic N) is 1. The molecule has 1 N–H and O–H groups in total. The van der Waals surface area contributed by atoms with Gasteiger partial charge in [-0.3, -0.25) is 0 Å². The fourth-order valence-electron chi connectivity index (χ4n) is 3.11. The van der Waals surface area contributed by atoms with Gasteiger partial charge in [-0.2, -0.15) is 0 Å². The van der Waals surface area contributed by atoms with E-state index in [2.05, 4.69) is 46.1 Å². The number of rotatable bonds is 4. The Balaban J connectivity index is 1.81. The number of fused-ring (bicyclic) bond motifs is 1. The van der Waals surface area contributed by atoms with Crippen molar-refractivity contribution in [3.8, 4) is 11.5 Å². The first-order valence-corrected chi connectivity index (χ1v) is 8.50. The average Bonchev–Trinajstić information content (AvgIpc) is 2.94. The Kier molecular flexibility index (Phi) is 4.72. The molecule has 1 aromatic carbocycles. The van der Waals surface area contributed by atoms with Crippen LogP contribution in [-0.2, 0) is 6.42 Å². The van der Waals surface area contributed by atoms with E-state index in [0.29, 0.717) is 12.7 Å². The Bertz CT molecular complexity index is 513. The number of ether oxygens (including phenoxy) is 2. The first-order chi connectivity index (χ1) is 10.2. The second kappa shape index (κ2) is 6.55. The van der Waals surface area contributed by atoms with E-state index in [0.717, 1.165) is 55.1 Å². The highest BCUT2D eigenvalue weighted by atomic mass is 79.9. The van der Waals surface area contributed by atoms with Crippen molar-refractivity contribution in [2.24, 2.45) is 0 Å². The van der Waals surface area contributed by atoms with E-state index in [1.807, 2.05) is 0 Å². The zero-order valence-electron chi connectivity index (χ0n) is 12.7. The number of nitrogens with one attached hydrogen (secondary N) is 1. The smallest absolute Gasteiger partial charge is 0.231 e. The van der Waals surface area contributed by atoms with Crippen LogP contribution < -0.4 is 14.8 Å². The van der Waals surface area contributed by atoms with Crippen LogP contribution in [-0.4, -0.2) is 44.4 Å². The second-order valence-corrected chi connectivity index (χ2v) is 6.79. The third kappa shape index (κ3) is 3.20. The summed E-state index contributed by atoms with van der Waals surface area (Å²) in [6.45, 7) is 10.4. The van der Waals surface area contributed by atoms with Crippen molar-refractivity contribution in [1.82, 2.24) is 10.2 Å². The topological polar surface area (TPSA) is 33.7 Å². The van der Waals surface area contributed by atoms with Crippen molar-refractivity contribution in [3.63, 3.8) is 0 Å². The maximum atomic E-state index is 5.58. The molecule has 0 aliphatic carbocycles. The van der Waals surface area contributed by atoms with Crippen molar-refractivity contribution in [2.45, 2.75) is 26.2 Å². The minimum absolute atomic E-state index is 0.326. The van der Waals surface area contributed by atoms with E-state index >= 15 is 0 Å². The highest BCUT2D eigenvalue weighted by Crippen LogP contribution is 2.45. The van der Waals surface area contributed by atoms with Gasteiger partial charge < -0.3 is 19.7 Å². The number of benzene rings is 1.